The van der Waals surface area contributed by atoms with Crippen LogP contribution in [0.2, 0.25) is 0 Å². The Labute approximate surface area is 105 Å². The van der Waals surface area contributed by atoms with Crippen molar-refractivity contribution < 1.29 is 13.5 Å². The van der Waals surface area contributed by atoms with Crippen LogP contribution in [-0.4, -0.2) is 17.1 Å². The van der Waals surface area contributed by atoms with Crippen molar-refractivity contribution in [3.63, 3.8) is 0 Å². The van der Waals surface area contributed by atoms with Crippen LogP contribution in [0.5, 0.6) is 5.75 Å². The van der Waals surface area contributed by atoms with Crippen molar-refractivity contribution in [2.24, 2.45) is 0 Å². The molecule has 0 saturated carbocycles. The van der Waals surface area contributed by atoms with Crippen LogP contribution in [0.25, 0.3) is 10.9 Å². The SMILES string of the molecule is CC.Cc1cn2c3c(cccc13)OCC(F)(F)C2. The summed E-state index contributed by atoms with van der Waals surface area (Å²) >= 11 is 0. The van der Waals surface area contributed by atoms with Gasteiger partial charge in [0.25, 0.3) is 5.92 Å². The molecular weight excluding hydrogens is 236 g/mol. The van der Waals surface area contributed by atoms with Crippen LogP contribution in [0.3, 0.4) is 0 Å². The van der Waals surface area contributed by atoms with E-state index in [1.807, 2.05) is 32.9 Å². The molecule has 0 N–H and O–H groups in total. The lowest BCUT2D eigenvalue weighted by Gasteiger charge is -2.13. The highest BCUT2D eigenvalue weighted by Gasteiger charge is 2.34. The molecule has 0 atom stereocenters. The number of hydrogen-bond donors (Lipinski definition) is 0. The molecule has 98 valence electrons. The summed E-state index contributed by atoms with van der Waals surface area (Å²) in [5, 5.41) is 0.982. The van der Waals surface area contributed by atoms with Crippen molar-refractivity contribution >= 4 is 10.9 Å². The van der Waals surface area contributed by atoms with Crippen molar-refractivity contribution in [1.82, 2.24) is 4.57 Å². The molecule has 4 heteroatoms. The lowest BCUT2D eigenvalue weighted by atomic mass is 10.2. The first-order valence-electron chi connectivity index (χ1n) is 6.16. The number of para-hydroxylation sites is 1. The van der Waals surface area contributed by atoms with Crippen molar-refractivity contribution in [2.75, 3.05) is 6.61 Å². The number of aryl methyl sites for hydroxylation is 1. The minimum absolute atomic E-state index is 0.311. The van der Waals surface area contributed by atoms with E-state index in [9.17, 15) is 8.78 Å². The first kappa shape index (κ1) is 12.9. The number of alkyl halides is 2. The molecule has 3 rings (SSSR count). The summed E-state index contributed by atoms with van der Waals surface area (Å²) in [6.07, 6.45) is 1.76. The number of hydrogen-bond acceptors (Lipinski definition) is 1. The quantitative estimate of drug-likeness (QED) is 0.692. The lowest BCUT2D eigenvalue weighted by molar-refractivity contribution is -0.0495. The van der Waals surface area contributed by atoms with Gasteiger partial charge in [0.15, 0.2) is 6.61 Å². The summed E-state index contributed by atoms with van der Waals surface area (Å²) in [6.45, 7) is 5.06. The minimum Gasteiger partial charge on any atom is -0.485 e. The summed E-state index contributed by atoms with van der Waals surface area (Å²) in [6, 6.07) is 5.50. The van der Waals surface area contributed by atoms with Crippen molar-refractivity contribution in [3.05, 3.63) is 30.0 Å². The Morgan fingerprint density at radius 2 is 2.00 bits per heavy atom. The molecule has 0 fully saturated rings. The molecule has 0 amide bonds. The highest BCUT2D eigenvalue weighted by molar-refractivity contribution is 5.89. The van der Waals surface area contributed by atoms with E-state index < -0.39 is 12.5 Å². The Balaban J connectivity index is 0.000000574. The van der Waals surface area contributed by atoms with Gasteiger partial charge >= 0.3 is 0 Å². The monoisotopic (exact) mass is 253 g/mol. The van der Waals surface area contributed by atoms with Crippen LogP contribution >= 0.6 is 0 Å². The summed E-state index contributed by atoms with van der Waals surface area (Å²) in [7, 11) is 0. The zero-order chi connectivity index (χ0) is 13.3. The van der Waals surface area contributed by atoms with Gasteiger partial charge in [0, 0.05) is 11.6 Å². The molecule has 18 heavy (non-hydrogen) atoms. The first-order valence-corrected chi connectivity index (χ1v) is 6.16. The van der Waals surface area contributed by atoms with Crippen LogP contribution in [0.1, 0.15) is 19.4 Å². The number of benzene rings is 1. The predicted molar refractivity (Wildman–Crippen MR) is 68.5 cm³/mol. The average molecular weight is 253 g/mol. The second-order valence-corrected chi connectivity index (χ2v) is 4.24. The van der Waals surface area contributed by atoms with Gasteiger partial charge in [0.2, 0.25) is 0 Å². The Hall–Kier alpha value is -1.58. The molecule has 2 aromatic rings. The number of nitrogens with zero attached hydrogens (tertiary/aromatic N) is 1. The van der Waals surface area contributed by atoms with E-state index in [4.69, 9.17) is 4.74 Å². The predicted octanol–water partition coefficient (Wildman–Crippen LogP) is 4.00. The van der Waals surface area contributed by atoms with Gasteiger partial charge in [-0.15, -0.1) is 0 Å². The number of halogens is 2. The number of rotatable bonds is 0. The van der Waals surface area contributed by atoms with E-state index >= 15 is 0 Å². The third-order valence-corrected chi connectivity index (χ3v) is 2.90. The molecule has 1 aliphatic heterocycles. The van der Waals surface area contributed by atoms with Crippen LogP contribution in [0.15, 0.2) is 24.4 Å². The Bertz CT molecular complexity index is 560. The van der Waals surface area contributed by atoms with Crippen molar-refractivity contribution in [2.45, 2.75) is 33.2 Å². The molecule has 2 nitrogen and oxygen atoms in total. The molecule has 0 saturated heterocycles. The molecule has 1 aromatic carbocycles. The smallest absolute Gasteiger partial charge is 0.298 e. The van der Waals surface area contributed by atoms with Gasteiger partial charge in [-0.25, -0.2) is 8.78 Å². The van der Waals surface area contributed by atoms with Crippen molar-refractivity contribution in [1.29, 1.82) is 0 Å². The van der Waals surface area contributed by atoms with Gasteiger partial charge in [-0.3, -0.25) is 0 Å². The largest absolute Gasteiger partial charge is 0.485 e. The first-order chi connectivity index (χ1) is 8.57. The highest BCUT2D eigenvalue weighted by Crippen LogP contribution is 2.34. The number of aromatic nitrogens is 1. The van der Waals surface area contributed by atoms with Crippen LogP contribution < -0.4 is 4.74 Å². The maximum Gasteiger partial charge on any atom is 0.298 e. The second kappa shape index (κ2) is 4.59. The van der Waals surface area contributed by atoms with Gasteiger partial charge in [-0.2, -0.15) is 0 Å². The molecule has 0 aliphatic carbocycles. The summed E-state index contributed by atoms with van der Waals surface area (Å²) in [5.74, 6) is -2.26. The number of ether oxygens (including phenoxy) is 1. The van der Waals surface area contributed by atoms with E-state index in [2.05, 4.69) is 0 Å². The Morgan fingerprint density at radius 1 is 1.28 bits per heavy atom. The molecule has 0 radical (unpaired) electrons. The van der Waals surface area contributed by atoms with Gasteiger partial charge in [0.1, 0.15) is 5.75 Å². The van der Waals surface area contributed by atoms with Gasteiger partial charge in [0.05, 0.1) is 12.1 Å². The zero-order valence-electron chi connectivity index (χ0n) is 10.8. The van der Waals surface area contributed by atoms with E-state index in [1.165, 1.54) is 0 Å². The fourth-order valence-corrected chi connectivity index (χ4v) is 2.22. The second-order valence-electron chi connectivity index (χ2n) is 4.24. The minimum atomic E-state index is -2.81. The molecule has 0 spiro atoms. The third kappa shape index (κ3) is 2.07. The van der Waals surface area contributed by atoms with Gasteiger partial charge in [-0.05, 0) is 18.6 Å². The lowest BCUT2D eigenvalue weighted by Crippen LogP contribution is -2.28. The van der Waals surface area contributed by atoms with Crippen LogP contribution in [-0.2, 0) is 6.54 Å². The molecule has 1 aromatic heterocycles. The van der Waals surface area contributed by atoms with Gasteiger partial charge < -0.3 is 9.30 Å². The molecule has 2 heterocycles. The normalized spacial score (nSPS) is 16.5. The van der Waals surface area contributed by atoms with Crippen LogP contribution in [0, 0.1) is 6.92 Å². The van der Waals surface area contributed by atoms with E-state index in [-0.39, 0.29) is 6.54 Å². The maximum absolute atomic E-state index is 13.4. The summed E-state index contributed by atoms with van der Waals surface area (Å²) in [4.78, 5) is 0. The molecule has 1 aliphatic rings. The van der Waals surface area contributed by atoms with Crippen LogP contribution in [0.4, 0.5) is 8.78 Å². The molecular formula is C14H17F2NO. The molecule has 0 unspecified atom stereocenters. The Kier molecular flexibility index (Phi) is 3.28. The van der Waals surface area contributed by atoms with E-state index in [0.29, 0.717) is 5.75 Å². The molecule has 0 bridgehead atoms. The topological polar surface area (TPSA) is 14.2 Å². The Morgan fingerprint density at radius 3 is 2.72 bits per heavy atom. The summed E-state index contributed by atoms with van der Waals surface area (Å²) in [5.41, 5.74) is 1.77. The standard InChI is InChI=1S/C12H11F2NO.C2H6/c1-8-5-15-6-12(13,14)7-16-10-4-2-3-9(8)11(10)15;1-2/h2-5H,6-7H2,1H3;1-2H3. The fraction of sp³-hybridized carbons (Fsp3) is 0.429. The highest BCUT2D eigenvalue weighted by atomic mass is 19.3. The van der Waals surface area contributed by atoms with Gasteiger partial charge in [-0.1, -0.05) is 26.0 Å². The maximum atomic E-state index is 13.4. The van der Waals surface area contributed by atoms with E-state index in [1.54, 1.807) is 16.8 Å². The third-order valence-electron chi connectivity index (χ3n) is 2.90. The fourth-order valence-electron chi connectivity index (χ4n) is 2.22. The zero-order valence-corrected chi connectivity index (χ0v) is 10.8. The average Bonchev–Trinajstić information content (AvgIpc) is 2.59. The van der Waals surface area contributed by atoms with Crippen molar-refractivity contribution in [3.8, 4) is 5.75 Å². The summed E-state index contributed by atoms with van der Waals surface area (Å²) < 4.78 is 33.6. The van der Waals surface area contributed by atoms with E-state index in [0.717, 1.165) is 16.5 Å².